The summed E-state index contributed by atoms with van der Waals surface area (Å²) in [6.45, 7) is 2.29. The van der Waals surface area contributed by atoms with Crippen LogP contribution in [0, 0.1) is 0 Å². The van der Waals surface area contributed by atoms with Gasteiger partial charge in [-0.3, -0.25) is 0 Å². The molecule has 23 heavy (non-hydrogen) atoms. The van der Waals surface area contributed by atoms with Gasteiger partial charge in [-0.1, -0.05) is 0 Å². The van der Waals surface area contributed by atoms with Crippen molar-refractivity contribution in [1.82, 2.24) is 0 Å². The summed E-state index contributed by atoms with van der Waals surface area (Å²) >= 11 is -1.90. The van der Waals surface area contributed by atoms with Gasteiger partial charge in [-0.2, -0.15) is 0 Å². The van der Waals surface area contributed by atoms with Crippen molar-refractivity contribution in [3.8, 4) is 0 Å². The summed E-state index contributed by atoms with van der Waals surface area (Å²) in [5.41, 5.74) is 7.38. The molecule has 3 heteroatoms. The molecule has 0 nitrogen and oxygen atoms in total. The Bertz CT molecular complexity index is 805. The van der Waals surface area contributed by atoms with Gasteiger partial charge in [-0.15, -0.1) is 0 Å². The number of halogens is 2. The fraction of sp³-hybridized carbons (Fsp3) is 0.150. The van der Waals surface area contributed by atoms with Crippen molar-refractivity contribution in [3.05, 3.63) is 82.4 Å². The van der Waals surface area contributed by atoms with E-state index in [2.05, 4.69) is 73.7 Å². The molecule has 0 saturated carbocycles. The quantitative estimate of drug-likeness (QED) is 0.583. The zero-order chi connectivity index (χ0) is 14.4. The number of fused-ring (bicyclic) bond motifs is 2. The van der Waals surface area contributed by atoms with Crippen LogP contribution >= 0.6 is 0 Å². The maximum absolute atomic E-state index is 4.75. The van der Waals surface area contributed by atoms with Crippen molar-refractivity contribution in [2.75, 3.05) is 0 Å². The first kappa shape index (κ1) is 18.6. The van der Waals surface area contributed by atoms with Crippen molar-refractivity contribution in [3.63, 3.8) is 0 Å². The molecule has 2 aromatic carbocycles. The number of allylic oxidation sites excluding steroid dienone is 2. The van der Waals surface area contributed by atoms with Gasteiger partial charge in [0.15, 0.2) is 0 Å². The summed E-state index contributed by atoms with van der Waals surface area (Å²) in [4.78, 5) is 0. The zero-order valence-electron chi connectivity index (χ0n) is 13.0. The average molecular weight is 420 g/mol. The first-order chi connectivity index (χ1) is 10.3. The molecular formula is C20H18Cl2Zr. The van der Waals surface area contributed by atoms with Gasteiger partial charge in [-0.05, 0) is 0 Å². The Hall–Kier alpha value is -0.747. The maximum Gasteiger partial charge on any atom is -1.00 e. The van der Waals surface area contributed by atoms with Gasteiger partial charge in [0.2, 0.25) is 0 Å². The fourth-order valence-electron chi connectivity index (χ4n) is 3.72. The molecule has 0 amide bonds. The van der Waals surface area contributed by atoms with E-state index in [0.29, 0.717) is 7.25 Å². The van der Waals surface area contributed by atoms with Gasteiger partial charge < -0.3 is 24.8 Å². The van der Waals surface area contributed by atoms with Crippen LogP contribution in [0.2, 0.25) is 0 Å². The van der Waals surface area contributed by atoms with E-state index in [4.69, 9.17) is 4.21 Å². The molecule has 2 unspecified atom stereocenters. The second-order valence-corrected chi connectivity index (χ2v) is 11.8. The Morgan fingerprint density at radius 2 is 1.48 bits per heavy atom. The van der Waals surface area contributed by atoms with Crippen LogP contribution in [0.1, 0.15) is 36.4 Å². The predicted molar refractivity (Wildman–Crippen MR) is 88.2 cm³/mol. The predicted octanol–water partition coefficient (Wildman–Crippen LogP) is -1.03. The van der Waals surface area contributed by atoms with Crippen LogP contribution in [0.15, 0.2) is 60.2 Å². The second-order valence-electron chi connectivity index (χ2n) is 5.99. The van der Waals surface area contributed by atoms with Crippen molar-refractivity contribution in [1.29, 1.82) is 0 Å². The molecule has 0 N–H and O–H groups in total. The Morgan fingerprint density at radius 3 is 2.22 bits per heavy atom. The second kappa shape index (κ2) is 7.43. The molecule has 0 aliphatic heterocycles. The molecule has 0 radical (unpaired) electrons. The Balaban J connectivity index is 0.000000960. The van der Waals surface area contributed by atoms with E-state index in [9.17, 15) is 0 Å². The van der Waals surface area contributed by atoms with Gasteiger partial charge in [0.25, 0.3) is 0 Å². The van der Waals surface area contributed by atoms with Crippen LogP contribution in [0.4, 0.5) is 0 Å². The molecule has 2 atom stereocenters. The van der Waals surface area contributed by atoms with Crippen LogP contribution in [-0.4, -0.2) is 4.21 Å². The molecule has 2 aromatic rings. The largest absolute Gasteiger partial charge is 1.00 e. The van der Waals surface area contributed by atoms with Crippen molar-refractivity contribution in [2.24, 2.45) is 0 Å². The van der Waals surface area contributed by atoms with E-state index in [-0.39, 0.29) is 24.8 Å². The van der Waals surface area contributed by atoms with Crippen LogP contribution < -0.4 is 24.8 Å². The summed E-state index contributed by atoms with van der Waals surface area (Å²) < 4.78 is 6.00. The monoisotopic (exact) mass is 418 g/mol. The van der Waals surface area contributed by atoms with Crippen molar-refractivity contribution in [2.45, 2.75) is 14.2 Å². The smallest absolute Gasteiger partial charge is 1.00 e. The molecule has 0 fully saturated rings. The molecule has 116 valence electrons. The van der Waals surface area contributed by atoms with Gasteiger partial charge in [0, 0.05) is 0 Å². The minimum Gasteiger partial charge on any atom is -1.00 e. The van der Waals surface area contributed by atoms with Gasteiger partial charge in [0.1, 0.15) is 0 Å². The number of benzene rings is 2. The molecule has 0 spiro atoms. The maximum atomic E-state index is 4.75. The number of hydrogen-bond acceptors (Lipinski definition) is 0. The van der Waals surface area contributed by atoms with Crippen molar-refractivity contribution < 1.29 is 46.1 Å². The molecule has 0 bridgehead atoms. The van der Waals surface area contributed by atoms with Gasteiger partial charge in [-0.25, -0.2) is 0 Å². The Labute approximate surface area is 158 Å². The SMILES string of the molecule is [CH2]=[Zr+2]([CH]1C=Cc2ccccc21)[CH]1C(C)=Cc2ccccc21.[Cl-].[Cl-]. The van der Waals surface area contributed by atoms with E-state index < -0.39 is 21.3 Å². The third-order valence-corrected chi connectivity index (χ3v) is 11.6. The molecule has 2 aliphatic carbocycles. The van der Waals surface area contributed by atoms with Crippen molar-refractivity contribution >= 4 is 16.4 Å². The van der Waals surface area contributed by atoms with Gasteiger partial charge >= 0.3 is 134 Å². The third-order valence-electron chi connectivity index (χ3n) is 4.72. The molecular weight excluding hydrogens is 402 g/mol. The van der Waals surface area contributed by atoms with Crippen LogP contribution in [0.25, 0.3) is 12.2 Å². The standard InChI is InChI=1S/C10H9.C9H7.CH2.2ClH.Zr/c1-8-6-9-4-2-3-5-10(9)7-8;1-2-5-9-7-3-6-8(9)4-1;;;;/h2-7H,1H3;1-7H;1H2;2*1H;/q;;;;;+2/p-2. The summed E-state index contributed by atoms with van der Waals surface area (Å²) in [6, 6.07) is 17.7. The minimum absolute atomic E-state index is 0. The molecule has 0 aromatic heterocycles. The summed E-state index contributed by atoms with van der Waals surface area (Å²) in [5, 5.41) is 0. The third kappa shape index (κ3) is 3.12. The zero-order valence-corrected chi connectivity index (χ0v) is 16.9. The molecule has 0 heterocycles. The van der Waals surface area contributed by atoms with E-state index in [1.807, 2.05) is 0 Å². The topological polar surface area (TPSA) is 0 Å². The van der Waals surface area contributed by atoms with E-state index >= 15 is 0 Å². The van der Waals surface area contributed by atoms with E-state index in [1.165, 1.54) is 27.8 Å². The van der Waals surface area contributed by atoms with Crippen LogP contribution in [-0.2, 0) is 21.3 Å². The first-order valence-electron chi connectivity index (χ1n) is 7.48. The average Bonchev–Trinajstić information content (AvgIpc) is 3.06. The molecule has 2 aliphatic rings. The Morgan fingerprint density at radius 1 is 0.870 bits per heavy atom. The van der Waals surface area contributed by atoms with E-state index in [0.717, 1.165) is 0 Å². The first-order valence-corrected chi connectivity index (χ1v) is 12.1. The minimum atomic E-state index is -1.90. The number of rotatable bonds is 2. The summed E-state index contributed by atoms with van der Waals surface area (Å²) in [7, 11) is 0. The fourth-order valence-corrected chi connectivity index (χ4v) is 10.3. The van der Waals surface area contributed by atoms with Gasteiger partial charge in [0.05, 0.1) is 0 Å². The Kier molecular flexibility index (Phi) is 6.01. The van der Waals surface area contributed by atoms with E-state index in [1.54, 1.807) is 0 Å². The molecule has 4 rings (SSSR count). The molecule has 0 saturated heterocycles. The normalized spacial score (nSPS) is 19.6. The summed E-state index contributed by atoms with van der Waals surface area (Å²) in [5.74, 6) is 0. The summed E-state index contributed by atoms with van der Waals surface area (Å²) in [6.07, 6.45) is 7.09. The van der Waals surface area contributed by atoms with Crippen LogP contribution in [0.3, 0.4) is 0 Å². The number of hydrogen-bond donors (Lipinski definition) is 0. The van der Waals surface area contributed by atoms with Crippen LogP contribution in [0.5, 0.6) is 0 Å².